The van der Waals surface area contributed by atoms with Crippen molar-refractivity contribution in [1.29, 1.82) is 0 Å². The van der Waals surface area contributed by atoms with Gasteiger partial charge in [0.15, 0.2) is 0 Å². The second kappa shape index (κ2) is 12.4. The number of alkyl carbamates (subject to hydrolysis) is 1. The van der Waals surface area contributed by atoms with E-state index in [1.165, 1.54) is 0 Å². The Morgan fingerprint density at radius 2 is 1.69 bits per heavy atom. The predicted octanol–water partition coefficient (Wildman–Crippen LogP) is 3.84. The van der Waals surface area contributed by atoms with Gasteiger partial charge in [0, 0.05) is 13.5 Å². The van der Waals surface area contributed by atoms with Crippen molar-refractivity contribution in [2.45, 2.75) is 45.3 Å². The third-order valence-corrected chi connectivity index (χ3v) is 4.45. The molecule has 0 aromatic heterocycles. The van der Waals surface area contributed by atoms with E-state index < -0.39 is 12.1 Å². The average molecular weight is 399 g/mol. The van der Waals surface area contributed by atoms with Crippen LogP contribution in [0.25, 0.3) is 0 Å². The highest BCUT2D eigenvalue weighted by Crippen LogP contribution is 2.14. The van der Waals surface area contributed by atoms with Crippen molar-refractivity contribution in [3.8, 4) is 5.75 Å². The average Bonchev–Trinajstić information content (AvgIpc) is 2.76. The van der Waals surface area contributed by atoms with Gasteiger partial charge in [0.1, 0.15) is 18.4 Å². The van der Waals surface area contributed by atoms with Crippen molar-refractivity contribution in [3.05, 3.63) is 65.7 Å². The molecule has 0 aliphatic heterocycles. The van der Waals surface area contributed by atoms with Gasteiger partial charge >= 0.3 is 6.09 Å². The summed E-state index contributed by atoms with van der Waals surface area (Å²) in [7, 11) is 1.54. The van der Waals surface area contributed by atoms with Gasteiger partial charge in [-0.05, 0) is 29.7 Å². The summed E-state index contributed by atoms with van der Waals surface area (Å²) in [5.41, 5.74) is 1.80. The summed E-state index contributed by atoms with van der Waals surface area (Å²) in [6.45, 7) is 3.00. The van der Waals surface area contributed by atoms with Crippen molar-refractivity contribution in [3.63, 3.8) is 0 Å². The lowest BCUT2D eigenvalue weighted by Gasteiger charge is -2.17. The quantitative estimate of drug-likeness (QED) is 0.564. The fraction of sp³-hybridized carbons (Fsp3) is 0.391. The van der Waals surface area contributed by atoms with Gasteiger partial charge < -0.3 is 20.1 Å². The van der Waals surface area contributed by atoms with Crippen LogP contribution in [0.2, 0.25) is 0 Å². The zero-order chi connectivity index (χ0) is 20.9. The van der Waals surface area contributed by atoms with Crippen molar-refractivity contribution in [2.75, 3.05) is 13.7 Å². The van der Waals surface area contributed by atoms with Crippen LogP contribution in [0.15, 0.2) is 54.6 Å². The summed E-state index contributed by atoms with van der Waals surface area (Å²) in [6, 6.07) is 16.2. The molecule has 0 fully saturated rings. The van der Waals surface area contributed by atoms with Crippen LogP contribution in [-0.4, -0.2) is 31.7 Å². The van der Waals surface area contributed by atoms with Gasteiger partial charge in [-0.1, -0.05) is 62.2 Å². The molecule has 0 saturated heterocycles. The number of nitrogens with one attached hydrogen (secondary N) is 2. The van der Waals surface area contributed by atoms with Crippen molar-refractivity contribution < 1.29 is 19.1 Å². The molecule has 0 radical (unpaired) electrons. The fourth-order valence-corrected chi connectivity index (χ4v) is 2.79. The van der Waals surface area contributed by atoms with E-state index in [-0.39, 0.29) is 12.5 Å². The second-order valence-electron chi connectivity index (χ2n) is 6.78. The zero-order valence-electron chi connectivity index (χ0n) is 17.1. The molecule has 0 aliphatic carbocycles. The monoisotopic (exact) mass is 398 g/mol. The van der Waals surface area contributed by atoms with Crippen LogP contribution in [0.3, 0.4) is 0 Å². The van der Waals surface area contributed by atoms with Crippen LogP contribution in [0.4, 0.5) is 4.79 Å². The Kier molecular flexibility index (Phi) is 9.55. The highest BCUT2D eigenvalue weighted by atomic mass is 16.5. The lowest BCUT2D eigenvalue weighted by atomic mass is 10.1. The van der Waals surface area contributed by atoms with Crippen LogP contribution in [-0.2, 0) is 22.6 Å². The second-order valence-corrected chi connectivity index (χ2v) is 6.78. The normalized spacial score (nSPS) is 11.4. The SMILES string of the molecule is CCCCCOc1ccc(C[C@H](NC(=O)OCc2ccccc2)C(=O)NC)cc1. The summed E-state index contributed by atoms with van der Waals surface area (Å²) in [4.78, 5) is 24.3. The fourth-order valence-electron chi connectivity index (χ4n) is 2.79. The summed E-state index contributed by atoms with van der Waals surface area (Å²) in [5.74, 6) is 0.526. The Labute approximate surface area is 172 Å². The molecule has 2 amide bonds. The number of amides is 2. The van der Waals surface area contributed by atoms with Gasteiger partial charge in [-0.25, -0.2) is 4.79 Å². The molecule has 6 heteroatoms. The number of rotatable bonds is 11. The maximum absolute atomic E-state index is 12.2. The smallest absolute Gasteiger partial charge is 0.408 e. The van der Waals surface area contributed by atoms with E-state index in [1.807, 2.05) is 54.6 Å². The van der Waals surface area contributed by atoms with Gasteiger partial charge in [0.25, 0.3) is 0 Å². The number of likely N-dealkylation sites (N-methyl/N-ethyl adjacent to an activating group) is 1. The molecule has 2 rings (SSSR count). The summed E-state index contributed by atoms with van der Waals surface area (Å²) in [6.07, 6.45) is 3.07. The maximum Gasteiger partial charge on any atom is 0.408 e. The van der Waals surface area contributed by atoms with E-state index in [0.717, 1.165) is 36.1 Å². The van der Waals surface area contributed by atoms with Gasteiger partial charge in [0.05, 0.1) is 6.61 Å². The number of hydrogen-bond donors (Lipinski definition) is 2. The number of benzene rings is 2. The first-order valence-electron chi connectivity index (χ1n) is 10.0. The lowest BCUT2D eigenvalue weighted by molar-refractivity contribution is -0.122. The molecule has 0 spiro atoms. The Balaban J connectivity index is 1.87. The van der Waals surface area contributed by atoms with Crippen LogP contribution in [0.5, 0.6) is 5.75 Å². The largest absolute Gasteiger partial charge is 0.494 e. The Morgan fingerprint density at radius 1 is 0.966 bits per heavy atom. The van der Waals surface area contributed by atoms with Crippen LogP contribution >= 0.6 is 0 Å². The molecule has 0 unspecified atom stereocenters. The van der Waals surface area contributed by atoms with Crippen molar-refractivity contribution in [1.82, 2.24) is 10.6 Å². The van der Waals surface area contributed by atoms with Crippen molar-refractivity contribution in [2.24, 2.45) is 0 Å². The minimum atomic E-state index is -0.723. The third kappa shape index (κ3) is 8.25. The molecule has 0 aliphatic rings. The molecule has 2 aromatic carbocycles. The van der Waals surface area contributed by atoms with Crippen LogP contribution < -0.4 is 15.4 Å². The van der Waals surface area contributed by atoms with E-state index >= 15 is 0 Å². The first kappa shape index (κ1) is 22.3. The van der Waals surface area contributed by atoms with Gasteiger partial charge in [-0.3, -0.25) is 4.79 Å². The molecule has 1 atom stereocenters. The Hall–Kier alpha value is -3.02. The predicted molar refractivity (Wildman–Crippen MR) is 113 cm³/mol. The molecule has 0 saturated carbocycles. The molecular formula is C23H30N2O4. The van der Waals surface area contributed by atoms with Crippen LogP contribution in [0.1, 0.15) is 37.3 Å². The summed E-state index contributed by atoms with van der Waals surface area (Å²) >= 11 is 0. The Morgan fingerprint density at radius 3 is 2.34 bits per heavy atom. The molecule has 2 N–H and O–H groups in total. The van der Waals surface area contributed by atoms with Crippen molar-refractivity contribution >= 4 is 12.0 Å². The highest BCUT2D eigenvalue weighted by Gasteiger charge is 2.21. The number of unbranched alkanes of at least 4 members (excludes halogenated alkanes) is 2. The van der Waals surface area contributed by atoms with Gasteiger partial charge in [0.2, 0.25) is 5.91 Å². The topological polar surface area (TPSA) is 76.7 Å². The number of carbonyl (C=O) groups excluding carboxylic acids is 2. The third-order valence-electron chi connectivity index (χ3n) is 4.45. The molecule has 156 valence electrons. The van der Waals surface area contributed by atoms with Gasteiger partial charge in [-0.15, -0.1) is 0 Å². The minimum Gasteiger partial charge on any atom is -0.494 e. The maximum atomic E-state index is 12.2. The van der Waals surface area contributed by atoms with E-state index in [2.05, 4.69) is 17.6 Å². The standard InChI is InChI=1S/C23H30N2O4/c1-3-4-8-15-28-20-13-11-18(12-14-20)16-21(22(26)24-2)25-23(27)29-17-19-9-6-5-7-10-19/h5-7,9-14,21H,3-4,8,15-17H2,1-2H3,(H,24,26)(H,25,27)/t21-/m0/s1. The highest BCUT2D eigenvalue weighted by molar-refractivity contribution is 5.85. The molecule has 2 aromatic rings. The number of ether oxygens (including phenoxy) is 2. The minimum absolute atomic E-state index is 0.150. The number of hydrogen-bond acceptors (Lipinski definition) is 4. The molecule has 0 bridgehead atoms. The van der Waals surface area contributed by atoms with Gasteiger partial charge in [-0.2, -0.15) is 0 Å². The summed E-state index contributed by atoms with van der Waals surface area (Å²) in [5, 5.41) is 5.23. The van der Waals surface area contributed by atoms with E-state index in [1.54, 1.807) is 7.05 Å². The van der Waals surface area contributed by atoms with E-state index in [0.29, 0.717) is 13.0 Å². The molecule has 29 heavy (non-hydrogen) atoms. The van der Waals surface area contributed by atoms with E-state index in [4.69, 9.17) is 9.47 Å². The molecule has 6 nitrogen and oxygen atoms in total. The first-order chi connectivity index (χ1) is 14.1. The van der Waals surface area contributed by atoms with E-state index in [9.17, 15) is 9.59 Å². The summed E-state index contributed by atoms with van der Waals surface area (Å²) < 4.78 is 10.9. The number of carbonyl (C=O) groups is 2. The first-order valence-corrected chi connectivity index (χ1v) is 10.0. The lowest BCUT2D eigenvalue weighted by Crippen LogP contribution is -2.47. The van der Waals surface area contributed by atoms with Crippen LogP contribution in [0, 0.1) is 0 Å². The zero-order valence-corrected chi connectivity index (χ0v) is 17.1. The molecule has 0 heterocycles. The Bertz CT molecular complexity index is 747. The molecular weight excluding hydrogens is 368 g/mol.